The molecule has 7 heteroatoms. The fourth-order valence-corrected chi connectivity index (χ4v) is 6.76. The van der Waals surface area contributed by atoms with Crippen LogP contribution in [-0.4, -0.2) is 60.9 Å². The molecule has 1 saturated heterocycles. The third-order valence-electron chi connectivity index (χ3n) is 8.32. The molecule has 0 saturated carbocycles. The lowest BCUT2D eigenvalue weighted by molar-refractivity contribution is -0.114. The van der Waals surface area contributed by atoms with Gasteiger partial charge in [-0.2, -0.15) is 0 Å². The Kier molecular flexibility index (Phi) is 9.56. The van der Waals surface area contributed by atoms with Crippen LogP contribution in [0.5, 0.6) is 0 Å². The Morgan fingerprint density at radius 2 is 1.48 bits per heavy atom. The molecule has 0 bridgehead atoms. The average Bonchev–Trinajstić information content (AvgIpc) is 3.05. The van der Waals surface area contributed by atoms with Gasteiger partial charge in [-0.3, -0.25) is 19.4 Å². The lowest BCUT2D eigenvalue weighted by Gasteiger charge is -2.34. The van der Waals surface area contributed by atoms with Crippen LogP contribution in [0.25, 0.3) is 6.08 Å². The second kappa shape index (κ2) is 14.1. The Hall–Kier alpha value is -4.17. The Bertz CT molecular complexity index is 1630. The summed E-state index contributed by atoms with van der Waals surface area (Å²) in [5.74, 6) is -0.0898. The number of hydrogen-bond acceptors (Lipinski definition) is 5. The minimum atomic E-state index is -0.0756. The molecule has 6 rings (SSSR count). The molecular formula is C37H38N4O2S. The Morgan fingerprint density at radius 3 is 2.25 bits per heavy atom. The van der Waals surface area contributed by atoms with E-state index in [1.807, 2.05) is 65.6 Å². The van der Waals surface area contributed by atoms with Crippen molar-refractivity contribution in [3.8, 4) is 0 Å². The van der Waals surface area contributed by atoms with Crippen LogP contribution in [0.1, 0.15) is 32.6 Å². The van der Waals surface area contributed by atoms with Crippen molar-refractivity contribution in [1.82, 2.24) is 15.1 Å². The summed E-state index contributed by atoms with van der Waals surface area (Å²) in [6.07, 6.45) is 1.92. The number of hydrogen-bond donors (Lipinski definition) is 1. The van der Waals surface area contributed by atoms with Crippen LogP contribution in [0.4, 0.5) is 5.69 Å². The van der Waals surface area contributed by atoms with E-state index in [2.05, 4.69) is 70.6 Å². The highest BCUT2D eigenvalue weighted by molar-refractivity contribution is 8.04. The van der Waals surface area contributed by atoms with Gasteiger partial charge in [0, 0.05) is 56.3 Å². The summed E-state index contributed by atoms with van der Waals surface area (Å²) in [5, 5.41) is 3.08. The van der Waals surface area contributed by atoms with Gasteiger partial charge in [0.05, 0.1) is 17.1 Å². The maximum absolute atomic E-state index is 13.7. The first kappa shape index (κ1) is 29.9. The largest absolute Gasteiger partial charge is 0.351 e. The zero-order chi connectivity index (χ0) is 30.3. The highest BCUT2D eigenvalue weighted by Gasteiger charge is 2.29. The highest BCUT2D eigenvalue weighted by atomic mass is 32.2. The zero-order valence-electron chi connectivity index (χ0n) is 25.1. The molecule has 2 amide bonds. The molecule has 0 atom stereocenters. The molecular weight excluding hydrogens is 565 g/mol. The standard InChI is InChI=1S/C37H38N4O2S/c1-28-9-5-6-12-32(28)27-41-33-13-7-8-14-34(33)44-35(37(41)43)25-29-15-17-31(18-16-29)36(42)38-19-20-39-21-23-40(24-22-39)26-30-10-3-2-4-11-30/h2-18,25H,19-24,26-27H2,1H3,(H,38,42). The smallest absolute Gasteiger partial charge is 0.265 e. The normalized spacial score (nSPS) is 16.6. The monoisotopic (exact) mass is 602 g/mol. The molecule has 2 aliphatic heterocycles. The van der Waals surface area contributed by atoms with E-state index in [-0.39, 0.29) is 11.8 Å². The highest BCUT2D eigenvalue weighted by Crippen LogP contribution is 2.42. The maximum Gasteiger partial charge on any atom is 0.265 e. The number of benzene rings is 4. The quantitative estimate of drug-likeness (QED) is 0.231. The maximum atomic E-state index is 13.7. The van der Waals surface area contributed by atoms with E-state index in [1.165, 1.54) is 17.3 Å². The third kappa shape index (κ3) is 7.30. The van der Waals surface area contributed by atoms with Crippen LogP contribution >= 0.6 is 11.8 Å². The van der Waals surface area contributed by atoms with E-state index in [0.717, 1.165) is 66.5 Å². The number of para-hydroxylation sites is 1. The summed E-state index contributed by atoms with van der Waals surface area (Å²) < 4.78 is 0. The van der Waals surface area contributed by atoms with Crippen molar-refractivity contribution in [2.75, 3.05) is 44.2 Å². The van der Waals surface area contributed by atoms with E-state index in [1.54, 1.807) is 0 Å². The van der Waals surface area contributed by atoms with Crippen molar-refractivity contribution < 1.29 is 9.59 Å². The summed E-state index contributed by atoms with van der Waals surface area (Å²) in [7, 11) is 0. The van der Waals surface area contributed by atoms with E-state index < -0.39 is 0 Å². The van der Waals surface area contributed by atoms with Crippen LogP contribution in [0.15, 0.2) is 113 Å². The Labute approximate surface area is 264 Å². The molecule has 0 aliphatic carbocycles. The van der Waals surface area contributed by atoms with E-state index in [0.29, 0.717) is 23.6 Å². The van der Waals surface area contributed by atoms with Crippen molar-refractivity contribution in [2.24, 2.45) is 0 Å². The van der Waals surface area contributed by atoms with Gasteiger partial charge in [-0.15, -0.1) is 0 Å². The summed E-state index contributed by atoms with van der Waals surface area (Å²) in [4.78, 5) is 35.0. The van der Waals surface area contributed by atoms with Gasteiger partial charge in [0.15, 0.2) is 0 Å². The van der Waals surface area contributed by atoms with Gasteiger partial charge in [-0.05, 0) is 59.5 Å². The first-order valence-electron chi connectivity index (χ1n) is 15.3. The minimum Gasteiger partial charge on any atom is -0.351 e. The first-order valence-corrected chi connectivity index (χ1v) is 16.1. The number of amides is 2. The lowest BCUT2D eigenvalue weighted by Crippen LogP contribution is -2.48. The molecule has 0 spiro atoms. The average molecular weight is 603 g/mol. The number of carbonyl (C=O) groups excluding carboxylic acids is 2. The van der Waals surface area contributed by atoms with E-state index in [4.69, 9.17) is 0 Å². The van der Waals surface area contributed by atoms with Gasteiger partial charge in [-0.1, -0.05) is 90.6 Å². The molecule has 0 unspecified atom stereocenters. The number of anilines is 1. The SMILES string of the molecule is Cc1ccccc1CN1C(=O)C(=Cc2ccc(C(=O)NCCN3CCN(Cc4ccccc4)CC3)cc2)Sc2ccccc21. The second-order valence-electron chi connectivity index (χ2n) is 11.4. The van der Waals surface area contributed by atoms with Crippen molar-refractivity contribution in [2.45, 2.75) is 24.9 Å². The lowest BCUT2D eigenvalue weighted by atomic mass is 10.1. The van der Waals surface area contributed by atoms with Crippen LogP contribution in [0, 0.1) is 6.92 Å². The van der Waals surface area contributed by atoms with Gasteiger partial charge in [-0.25, -0.2) is 0 Å². The van der Waals surface area contributed by atoms with Crippen LogP contribution in [-0.2, 0) is 17.9 Å². The number of nitrogens with one attached hydrogen (secondary N) is 1. The number of fused-ring (bicyclic) bond motifs is 1. The van der Waals surface area contributed by atoms with Crippen molar-refractivity contribution >= 4 is 35.3 Å². The molecule has 1 N–H and O–H groups in total. The molecule has 4 aromatic rings. The van der Waals surface area contributed by atoms with Crippen LogP contribution in [0.3, 0.4) is 0 Å². The van der Waals surface area contributed by atoms with Crippen LogP contribution < -0.4 is 10.2 Å². The van der Waals surface area contributed by atoms with Gasteiger partial charge >= 0.3 is 0 Å². The minimum absolute atomic E-state index is 0.0142. The number of rotatable bonds is 9. The second-order valence-corrected chi connectivity index (χ2v) is 12.5. The topological polar surface area (TPSA) is 55.9 Å². The van der Waals surface area contributed by atoms with Crippen molar-refractivity contribution in [3.63, 3.8) is 0 Å². The van der Waals surface area contributed by atoms with E-state index in [9.17, 15) is 9.59 Å². The fourth-order valence-electron chi connectivity index (χ4n) is 5.70. The number of thioether (sulfide) groups is 1. The molecule has 2 heterocycles. The molecule has 0 radical (unpaired) electrons. The summed E-state index contributed by atoms with van der Waals surface area (Å²) in [6.45, 7) is 9.14. The summed E-state index contributed by atoms with van der Waals surface area (Å²) in [6, 6.07) is 34.3. The zero-order valence-corrected chi connectivity index (χ0v) is 25.9. The van der Waals surface area contributed by atoms with Crippen molar-refractivity contribution in [3.05, 3.63) is 136 Å². The van der Waals surface area contributed by atoms with Gasteiger partial charge in [0.25, 0.3) is 11.8 Å². The van der Waals surface area contributed by atoms with Crippen molar-refractivity contribution in [1.29, 1.82) is 0 Å². The first-order chi connectivity index (χ1) is 21.5. The predicted molar refractivity (Wildman–Crippen MR) is 180 cm³/mol. The molecule has 0 aromatic heterocycles. The number of nitrogens with zero attached hydrogens (tertiary/aromatic N) is 3. The summed E-state index contributed by atoms with van der Waals surface area (Å²) in [5.41, 5.74) is 6.09. The molecule has 1 fully saturated rings. The van der Waals surface area contributed by atoms with Gasteiger partial charge in [0.1, 0.15) is 0 Å². The fraction of sp³-hybridized carbons (Fsp3) is 0.243. The molecule has 224 valence electrons. The number of aryl methyl sites for hydroxylation is 1. The number of carbonyl (C=O) groups is 2. The molecule has 4 aromatic carbocycles. The van der Waals surface area contributed by atoms with Crippen LogP contribution in [0.2, 0.25) is 0 Å². The summed E-state index contributed by atoms with van der Waals surface area (Å²) >= 11 is 1.50. The molecule has 2 aliphatic rings. The molecule has 44 heavy (non-hydrogen) atoms. The number of piperazine rings is 1. The predicted octanol–water partition coefficient (Wildman–Crippen LogP) is 6.22. The Morgan fingerprint density at radius 1 is 0.795 bits per heavy atom. The third-order valence-corrected chi connectivity index (χ3v) is 9.40. The van der Waals surface area contributed by atoms with E-state index >= 15 is 0 Å². The van der Waals surface area contributed by atoms with Gasteiger partial charge in [0.2, 0.25) is 0 Å². The Balaban J connectivity index is 1.03. The van der Waals surface area contributed by atoms with Gasteiger partial charge < -0.3 is 10.2 Å². The molecule has 6 nitrogen and oxygen atoms in total.